The van der Waals surface area contributed by atoms with Crippen molar-refractivity contribution >= 4 is 5.78 Å². The predicted octanol–water partition coefficient (Wildman–Crippen LogP) is -0.831. The average Bonchev–Trinajstić information content (AvgIpc) is 1.88. The number of Topliss-reactive ketones (excluding diaryl/α,β-unsaturated/α-hetero) is 1. The molecule has 0 aromatic carbocycles. The lowest BCUT2D eigenvalue weighted by atomic mass is 10.1. The Morgan fingerprint density at radius 2 is 2.40 bits per heavy atom. The highest BCUT2D eigenvalue weighted by molar-refractivity contribution is 5.85. The van der Waals surface area contributed by atoms with Gasteiger partial charge in [-0.2, -0.15) is 0 Å². The van der Waals surface area contributed by atoms with Crippen LogP contribution in [0.25, 0.3) is 0 Å². The smallest absolute Gasteiger partial charge is 0.206 e. The van der Waals surface area contributed by atoms with Gasteiger partial charge in [-0.05, 0) is 6.08 Å². The Bertz CT molecular complexity index is 161. The van der Waals surface area contributed by atoms with Gasteiger partial charge in [0, 0.05) is 6.42 Å². The second-order valence-electron chi connectivity index (χ2n) is 2.01. The summed E-state index contributed by atoms with van der Waals surface area (Å²) in [6.45, 7) is 0. The zero-order valence-corrected chi connectivity index (χ0v) is 5.23. The highest BCUT2D eigenvalue weighted by Gasteiger charge is 2.26. The standard InChI is InChI=1S/C6H8O4/c7-4-2-1-3-10-5(4)6(8)9/h1,3,5-6,8-9H,2H2. The van der Waals surface area contributed by atoms with E-state index in [1.165, 1.54) is 12.3 Å². The van der Waals surface area contributed by atoms with E-state index in [9.17, 15) is 4.79 Å². The van der Waals surface area contributed by atoms with Gasteiger partial charge in [0.25, 0.3) is 0 Å². The Labute approximate surface area is 57.7 Å². The zero-order chi connectivity index (χ0) is 7.56. The molecule has 0 bridgehead atoms. The summed E-state index contributed by atoms with van der Waals surface area (Å²) in [6.07, 6.45) is 0.233. The first-order valence-electron chi connectivity index (χ1n) is 2.91. The Kier molecular flexibility index (Phi) is 2.03. The van der Waals surface area contributed by atoms with E-state index in [2.05, 4.69) is 4.74 Å². The zero-order valence-electron chi connectivity index (χ0n) is 5.23. The van der Waals surface area contributed by atoms with Gasteiger partial charge in [-0.3, -0.25) is 4.79 Å². The monoisotopic (exact) mass is 144 g/mol. The Morgan fingerprint density at radius 1 is 1.70 bits per heavy atom. The number of allylic oxidation sites excluding steroid dienone is 1. The quantitative estimate of drug-likeness (QED) is 0.471. The lowest BCUT2D eigenvalue weighted by Gasteiger charge is -2.18. The number of aliphatic hydroxyl groups excluding tert-OH is 1. The molecule has 10 heavy (non-hydrogen) atoms. The van der Waals surface area contributed by atoms with E-state index < -0.39 is 12.4 Å². The van der Waals surface area contributed by atoms with Crippen molar-refractivity contribution in [1.29, 1.82) is 0 Å². The average molecular weight is 144 g/mol. The minimum absolute atomic E-state index is 0.211. The maximum Gasteiger partial charge on any atom is 0.206 e. The summed E-state index contributed by atoms with van der Waals surface area (Å²) in [7, 11) is 0. The summed E-state index contributed by atoms with van der Waals surface area (Å²) in [5, 5.41) is 17.0. The number of ether oxygens (including phenoxy) is 1. The van der Waals surface area contributed by atoms with Crippen molar-refractivity contribution in [2.75, 3.05) is 0 Å². The molecule has 0 aliphatic carbocycles. The summed E-state index contributed by atoms with van der Waals surface area (Å²) < 4.78 is 4.62. The van der Waals surface area contributed by atoms with E-state index >= 15 is 0 Å². The molecule has 1 aliphatic heterocycles. The molecule has 0 aromatic heterocycles. The third kappa shape index (κ3) is 1.34. The van der Waals surface area contributed by atoms with Crippen LogP contribution in [0.15, 0.2) is 12.3 Å². The Morgan fingerprint density at radius 3 is 2.80 bits per heavy atom. The van der Waals surface area contributed by atoms with E-state index in [1.807, 2.05) is 0 Å². The second-order valence-corrected chi connectivity index (χ2v) is 2.01. The van der Waals surface area contributed by atoms with E-state index in [4.69, 9.17) is 10.2 Å². The number of hydrogen-bond donors (Lipinski definition) is 2. The predicted molar refractivity (Wildman–Crippen MR) is 31.9 cm³/mol. The first kappa shape index (κ1) is 7.24. The molecule has 4 nitrogen and oxygen atoms in total. The van der Waals surface area contributed by atoms with Gasteiger partial charge in [-0.25, -0.2) is 0 Å². The molecule has 2 N–H and O–H groups in total. The SMILES string of the molecule is O=C1CC=COC1C(O)O. The van der Waals surface area contributed by atoms with Crippen LogP contribution in [0.1, 0.15) is 6.42 Å². The van der Waals surface area contributed by atoms with Crippen LogP contribution in [0, 0.1) is 0 Å². The molecular formula is C6H8O4. The van der Waals surface area contributed by atoms with Crippen LogP contribution >= 0.6 is 0 Å². The van der Waals surface area contributed by atoms with Crippen LogP contribution in [0.3, 0.4) is 0 Å². The van der Waals surface area contributed by atoms with Crippen molar-refractivity contribution in [3.63, 3.8) is 0 Å². The number of carbonyl (C=O) groups excluding carboxylic acids is 1. The number of hydrogen-bond acceptors (Lipinski definition) is 4. The summed E-state index contributed by atoms with van der Waals surface area (Å²) in [6, 6.07) is 0. The largest absolute Gasteiger partial charge is 0.485 e. The van der Waals surface area contributed by atoms with Crippen LogP contribution in [0.5, 0.6) is 0 Å². The van der Waals surface area contributed by atoms with Crippen LogP contribution in [0.2, 0.25) is 0 Å². The Hall–Kier alpha value is -0.870. The molecule has 0 saturated heterocycles. The van der Waals surface area contributed by atoms with Crippen molar-refractivity contribution in [3.05, 3.63) is 12.3 Å². The lowest BCUT2D eigenvalue weighted by Crippen LogP contribution is -2.36. The molecule has 0 spiro atoms. The number of carbonyl (C=O) groups is 1. The van der Waals surface area contributed by atoms with E-state index in [1.54, 1.807) is 0 Å². The molecule has 4 heteroatoms. The summed E-state index contributed by atoms with van der Waals surface area (Å²) in [5.74, 6) is -0.308. The van der Waals surface area contributed by atoms with Gasteiger partial charge in [-0.1, -0.05) is 0 Å². The van der Waals surface area contributed by atoms with Crippen LogP contribution in [-0.4, -0.2) is 28.4 Å². The molecule has 1 rings (SSSR count). The highest BCUT2D eigenvalue weighted by Crippen LogP contribution is 2.08. The second kappa shape index (κ2) is 2.81. The molecule has 1 heterocycles. The van der Waals surface area contributed by atoms with Crippen molar-refractivity contribution in [2.45, 2.75) is 18.8 Å². The third-order valence-corrected chi connectivity index (χ3v) is 1.23. The summed E-state index contributed by atoms with van der Waals surface area (Å²) in [5.41, 5.74) is 0. The first-order valence-corrected chi connectivity index (χ1v) is 2.91. The fourth-order valence-electron chi connectivity index (χ4n) is 0.733. The molecule has 0 fully saturated rings. The highest BCUT2D eigenvalue weighted by atomic mass is 16.6. The van der Waals surface area contributed by atoms with Gasteiger partial charge in [-0.15, -0.1) is 0 Å². The van der Waals surface area contributed by atoms with Gasteiger partial charge in [0.05, 0.1) is 6.26 Å². The van der Waals surface area contributed by atoms with E-state index in [0.717, 1.165) is 0 Å². The van der Waals surface area contributed by atoms with Crippen molar-refractivity contribution in [1.82, 2.24) is 0 Å². The minimum atomic E-state index is -1.71. The maximum absolute atomic E-state index is 10.7. The van der Waals surface area contributed by atoms with Gasteiger partial charge in [0.1, 0.15) is 0 Å². The number of aliphatic hydroxyl groups is 2. The molecular weight excluding hydrogens is 136 g/mol. The van der Waals surface area contributed by atoms with Gasteiger partial charge < -0.3 is 14.9 Å². The molecule has 1 atom stereocenters. The molecule has 0 amide bonds. The van der Waals surface area contributed by atoms with Gasteiger partial charge in [0.15, 0.2) is 12.1 Å². The van der Waals surface area contributed by atoms with Crippen LogP contribution < -0.4 is 0 Å². The molecule has 0 aromatic rings. The molecule has 1 aliphatic rings. The van der Waals surface area contributed by atoms with Crippen LogP contribution in [0.4, 0.5) is 0 Å². The molecule has 1 unspecified atom stereocenters. The normalized spacial score (nSPS) is 25.1. The lowest BCUT2D eigenvalue weighted by molar-refractivity contribution is -0.156. The maximum atomic E-state index is 10.7. The van der Waals surface area contributed by atoms with E-state index in [-0.39, 0.29) is 12.2 Å². The van der Waals surface area contributed by atoms with Crippen LogP contribution in [-0.2, 0) is 9.53 Å². The fourth-order valence-corrected chi connectivity index (χ4v) is 0.733. The number of ketones is 1. The minimum Gasteiger partial charge on any atom is -0.485 e. The van der Waals surface area contributed by atoms with Gasteiger partial charge >= 0.3 is 0 Å². The van der Waals surface area contributed by atoms with E-state index in [0.29, 0.717) is 0 Å². The Balaban J connectivity index is 2.59. The molecule has 0 saturated carbocycles. The van der Waals surface area contributed by atoms with Crippen molar-refractivity contribution in [2.24, 2.45) is 0 Å². The topological polar surface area (TPSA) is 66.8 Å². The number of rotatable bonds is 1. The molecule has 56 valence electrons. The summed E-state index contributed by atoms with van der Waals surface area (Å²) in [4.78, 5) is 10.7. The van der Waals surface area contributed by atoms with Gasteiger partial charge in [0.2, 0.25) is 6.10 Å². The fraction of sp³-hybridized carbons (Fsp3) is 0.500. The third-order valence-electron chi connectivity index (χ3n) is 1.23. The van der Waals surface area contributed by atoms with Crippen molar-refractivity contribution < 1.29 is 19.7 Å². The summed E-state index contributed by atoms with van der Waals surface area (Å²) >= 11 is 0. The van der Waals surface area contributed by atoms with Crippen molar-refractivity contribution in [3.8, 4) is 0 Å². The molecule has 0 radical (unpaired) electrons. The first-order chi connectivity index (χ1) is 4.72.